The summed E-state index contributed by atoms with van der Waals surface area (Å²) in [6.45, 7) is 6.88. The van der Waals surface area contributed by atoms with Crippen molar-refractivity contribution in [1.82, 2.24) is 5.32 Å². The van der Waals surface area contributed by atoms with Gasteiger partial charge in [0.05, 0.1) is 33.8 Å². The van der Waals surface area contributed by atoms with Crippen LogP contribution in [0.1, 0.15) is 290 Å². The summed E-state index contributed by atoms with van der Waals surface area (Å²) in [5.41, 5.74) is 0. The monoisotopic (exact) mass is 1100 g/mol. The van der Waals surface area contributed by atoms with Gasteiger partial charge >= 0.3 is 13.8 Å². The number of phosphoric acid groups is 1. The summed E-state index contributed by atoms with van der Waals surface area (Å²) >= 11 is 0. The normalized spacial score (nSPS) is 14.1. The summed E-state index contributed by atoms with van der Waals surface area (Å²) in [6, 6.07) is -0.871. The second-order valence-corrected chi connectivity index (χ2v) is 24.4. The molecule has 448 valence electrons. The molecule has 0 radical (unpaired) electrons. The van der Waals surface area contributed by atoms with Gasteiger partial charge in [-0.25, -0.2) is 4.57 Å². The first-order chi connectivity index (χ1) is 37.4. The van der Waals surface area contributed by atoms with Crippen molar-refractivity contribution in [3.63, 3.8) is 0 Å². The highest BCUT2D eigenvalue weighted by molar-refractivity contribution is 7.47. The number of nitrogens with zero attached hydrogens (tertiary/aromatic N) is 1. The molecular formula is C67H124N2O7P+. The van der Waals surface area contributed by atoms with Crippen molar-refractivity contribution in [1.29, 1.82) is 0 Å². The van der Waals surface area contributed by atoms with Crippen LogP contribution in [0.5, 0.6) is 0 Å². The molecule has 0 aromatic carbocycles. The van der Waals surface area contributed by atoms with Crippen LogP contribution in [-0.2, 0) is 27.9 Å². The number of nitrogens with one attached hydrogen (secondary N) is 1. The number of carbonyl (C=O) groups is 2. The van der Waals surface area contributed by atoms with E-state index in [1.165, 1.54) is 173 Å². The van der Waals surface area contributed by atoms with Crippen molar-refractivity contribution in [3.8, 4) is 0 Å². The zero-order valence-electron chi connectivity index (χ0n) is 51.2. The van der Waals surface area contributed by atoms with E-state index in [-0.39, 0.29) is 31.5 Å². The van der Waals surface area contributed by atoms with Crippen molar-refractivity contribution < 1.29 is 37.3 Å². The fourth-order valence-corrected chi connectivity index (χ4v) is 9.95. The number of rotatable bonds is 58. The number of amides is 1. The third-order valence-electron chi connectivity index (χ3n) is 14.2. The van der Waals surface area contributed by atoms with Crippen LogP contribution >= 0.6 is 7.82 Å². The molecule has 2 N–H and O–H groups in total. The van der Waals surface area contributed by atoms with Gasteiger partial charge in [-0.05, 0) is 70.3 Å². The van der Waals surface area contributed by atoms with Gasteiger partial charge in [-0.3, -0.25) is 18.6 Å². The van der Waals surface area contributed by atoms with Crippen LogP contribution in [0.2, 0.25) is 0 Å². The fraction of sp³-hybridized carbons (Fsp3) is 0.791. The molecule has 0 aromatic heterocycles. The van der Waals surface area contributed by atoms with E-state index < -0.39 is 20.0 Å². The summed E-state index contributed by atoms with van der Waals surface area (Å²) in [7, 11) is 1.47. The van der Waals surface area contributed by atoms with Crippen LogP contribution in [0.3, 0.4) is 0 Å². The molecule has 0 spiro atoms. The Balaban J connectivity index is 5.17. The number of unbranched alkanes of at least 4 members (excludes halogenated alkanes) is 32. The number of ether oxygens (including phenoxy) is 1. The number of carbonyl (C=O) groups excluding carboxylic acids is 2. The highest BCUT2D eigenvalue weighted by atomic mass is 31.2. The van der Waals surface area contributed by atoms with E-state index >= 15 is 0 Å². The van der Waals surface area contributed by atoms with Crippen LogP contribution in [0, 0.1) is 0 Å². The summed E-state index contributed by atoms with van der Waals surface area (Å²) < 4.78 is 30.6. The minimum absolute atomic E-state index is 0.0305. The predicted molar refractivity (Wildman–Crippen MR) is 332 cm³/mol. The van der Waals surface area contributed by atoms with Crippen LogP contribution in [0.25, 0.3) is 0 Å². The fourth-order valence-electron chi connectivity index (χ4n) is 9.21. The number of hydrogen-bond donors (Lipinski definition) is 2. The van der Waals surface area contributed by atoms with E-state index in [1.54, 1.807) is 0 Å². The number of hydrogen-bond acceptors (Lipinski definition) is 6. The van der Waals surface area contributed by atoms with Crippen molar-refractivity contribution in [2.75, 3.05) is 40.9 Å². The summed E-state index contributed by atoms with van der Waals surface area (Å²) in [6.07, 6.45) is 73.5. The van der Waals surface area contributed by atoms with Crippen LogP contribution in [0.15, 0.2) is 72.9 Å². The van der Waals surface area contributed by atoms with E-state index in [4.69, 9.17) is 13.8 Å². The standard InChI is InChI=1S/C67H123N2O7P/c1-7-10-13-16-19-22-25-27-29-31-32-33-34-35-36-38-39-41-44-47-50-53-56-59-66(70)68-64(63-75-77(72,73)74-62-61-69(4,5)6)65(58-55-52-49-46-43-24-21-18-15-12-9-3)76-67(71)60-57-54-51-48-45-42-40-37-30-28-26-23-20-17-14-11-8-2/h11,14,20,23,28,30,40,42,48,51,55,58,64-65H,7-10,12-13,15-19,21-22,24-27,29,31-39,41,43-47,49-50,52-54,56-57,59-63H2,1-6H3,(H-,68,70,72,73)/p+1/b14-11-,23-20-,30-28-,42-40-,51-48-,58-55+. The molecule has 0 rings (SSSR count). The van der Waals surface area contributed by atoms with Gasteiger partial charge in [0.1, 0.15) is 19.3 Å². The Morgan fingerprint density at radius 3 is 1.26 bits per heavy atom. The van der Waals surface area contributed by atoms with Crippen molar-refractivity contribution in [2.24, 2.45) is 0 Å². The van der Waals surface area contributed by atoms with Crippen molar-refractivity contribution in [3.05, 3.63) is 72.9 Å². The molecule has 3 atom stereocenters. The predicted octanol–water partition coefficient (Wildman–Crippen LogP) is 20.0. The molecule has 3 unspecified atom stereocenters. The van der Waals surface area contributed by atoms with E-state index in [9.17, 15) is 19.0 Å². The Morgan fingerprint density at radius 1 is 0.468 bits per heavy atom. The quantitative estimate of drug-likeness (QED) is 0.0205. The minimum atomic E-state index is -4.46. The lowest BCUT2D eigenvalue weighted by molar-refractivity contribution is -0.870. The highest BCUT2D eigenvalue weighted by Gasteiger charge is 2.30. The molecule has 0 aromatic rings. The van der Waals surface area contributed by atoms with Gasteiger partial charge in [0.25, 0.3) is 0 Å². The number of allylic oxidation sites excluding steroid dienone is 11. The summed E-state index contributed by atoms with van der Waals surface area (Å²) in [5, 5.41) is 3.05. The topological polar surface area (TPSA) is 111 Å². The molecule has 1 amide bonds. The maximum absolute atomic E-state index is 13.6. The average molecular weight is 1100 g/mol. The molecule has 0 heterocycles. The molecule has 0 saturated carbocycles. The molecule has 0 aliphatic heterocycles. The zero-order valence-corrected chi connectivity index (χ0v) is 52.1. The number of esters is 1. The lowest BCUT2D eigenvalue weighted by Crippen LogP contribution is -2.47. The van der Waals surface area contributed by atoms with E-state index in [0.29, 0.717) is 23.9 Å². The molecule has 9 nitrogen and oxygen atoms in total. The first-order valence-electron chi connectivity index (χ1n) is 32.3. The van der Waals surface area contributed by atoms with Crippen LogP contribution < -0.4 is 5.32 Å². The van der Waals surface area contributed by atoms with Crippen LogP contribution in [-0.4, -0.2) is 74.3 Å². The third kappa shape index (κ3) is 57.9. The number of quaternary nitrogens is 1. The third-order valence-corrected chi connectivity index (χ3v) is 15.1. The lowest BCUT2D eigenvalue weighted by Gasteiger charge is -2.27. The Bertz CT molecular complexity index is 1550. The number of likely N-dealkylation sites (N-methyl/N-ethyl adjacent to an activating group) is 1. The van der Waals surface area contributed by atoms with E-state index in [2.05, 4.69) is 86.8 Å². The largest absolute Gasteiger partial charge is 0.472 e. The molecular weight excluding hydrogens is 976 g/mol. The second-order valence-electron chi connectivity index (χ2n) is 22.9. The summed E-state index contributed by atoms with van der Waals surface area (Å²) in [4.78, 5) is 37.7. The SMILES string of the molecule is CC/C=C\C/C=C\C/C=C\C/C=C\C/C=C\CCCC(=O)OC(/C=C/CCCCCCCCCCC)C(COP(=O)(O)OCC[N+](C)(C)C)NC(=O)CCCCCCCCCCCCCCCCCCCCCCCCC. The number of phosphoric ester groups is 1. The van der Waals surface area contributed by atoms with E-state index in [0.717, 1.165) is 77.0 Å². The molecule has 77 heavy (non-hydrogen) atoms. The van der Waals surface area contributed by atoms with Gasteiger partial charge < -0.3 is 19.4 Å². The average Bonchev–Trinajstić information content (AvgIpc) is 3.39. The maximum atomic E-state index is 13.6. The zero-order chi connectivity index (χ0) is 56.4. The Labute approximate surface area is 476 Å². The molecule has 0 aliphatic carbocycles. The van der Waals surface area contributed by atoms with Gasteiger partial charge in [0, 0.05) is 12.8 Å². The van der Waals surface area contributed by atoms with Gasteiger partial charge in [0.15, 0.2) is 0 Å². The van der Waals surface area contributed by atoms with Crippen molar-refractivity contribution in [2.45, 2.75) is 303 Å². The molecule has 0 aliphatic rings. The Kier molecular flexibility index (Phi) is 54.8. The molecule has 0 bridgehead atoms. The van der Waals surface area contributed by atoms with Gasteiger partial charge in [-0.15, -0.1) is 0 Å². The molecule has 10 heteroatoms. The summed E-state index contributed by atoms with van der Waals surface area (Å²) in [5.74, 6) is -0.567. The minimum Gasteiger partial charge on any atom is -0.456 e. The Hall–Kier alpha value is -2.55. The maximum Gasteiger partial charge on any atom is 0.472 e. The highest BCUT2D eigenvalue weighted by Crippen LogP contribution is 2.43. The van der Waals surface area contributed by atoms with Crippen molar-refractivity contribution >= 4 is 19.7 Å². The second kappa shape index (κ2) is 56.7. The lowest BCUT2D eigenvalue weighted by atomic mass is 10.0. The van der Waals surface area contributed by atoms with Gasteiger partial charge in [-0.1, -0.05) is 280 Å². The van der Waals surface area contributed by atoms with E-state index in [1.807, 2.05) is 33.3 Å². The molecule has 0 fully saturated rings. The first-order valence-corrected chi connectivity index (χ1v) is 33.8. The molecule has 0 saturated heterocycles. The van der Waals surface area contributed by atoms with Gasteiger partial charge in [0.2, 0.25) is 5.91 Å². The smallest absolute Gasteiger partial charge is 0.456 e. The first kappa shape index (κ1) is 74.5. The van der Waals surface area contributed by atoms with Crippen LogP contribution in [0.4, 0.5) is 0 Å². The Morgan fingerprint density at radius 2 is 0.844 bits per heavy atom. The van der Waals surface area contributed by atoms with Gasteiger partial charge in [-0.2, -0.15) is 0 Å².